The van der Waals surface area contributed by atoms with E-state index in [9.17, 15) is 26.7 Å². The minimum Gasteiger partial charge on any atom is -0.475 e. The molecule has 3 heterocycles. The number of carboxylic acid groups (broad SMARTS) is 1. The number of aliphatic hydroxyl groups excluding tert-OH is 1. The summed E-state index contributed by atoms with van der Waals surface area (Å²) in [6.45, 7) is 5.64. The first kappa shape index (κ1) is 35.0. The molecule has 2 fully saturated rings. The third-order valence-corrected chi connectivity index (χ3v) is 10.8. The molecular formula is C30H40F3N5O5S2. The number of halogens is 3. The van der Waals surface area contributed by atoms with Crippen LogP contribution in [0.25, 0.3) is 10.2 Å². The molecule has 2 atom stereocenters. The normalized spacial score (nSPS) is 20.3. The molecule has 0 aliphatic carbocycles. The molecule has 248 valence electrons. The number of benzene rings is 2. The highest BCUT2D eigenvalue weighted by molar-refractivity contribution is 7.89. The van der Waals surface area contributed by atoms with Crippen molar-refractivity contribution in [2.24, 2.45) is 5.92 Å². The van der Waals surface area contributed by atoms with E-state index in [0.717, 1.165) is 68.4 Å². The number of thiazole rings is 1. The summed E-state index contributed by atoms with van der Waals surface area (Å²) < 4.78 is 62.1. The van der Waals surface area contributed by atoms with Crippen LogP contribution in [0, 0.1) is 5.92 Å². The minimum absolute atomic E-state index is 0.0416. The maximum absolute atomic E-state index is 13.2. The number of likely N-dealkylation sites (tertiary alicyclic amines) is 1. The molecule has 0 spiro atoms. The molecule has 2 aliphatic rings. The molecule has 0 bridgehead atoms. The predicted octanol–water partition coefficient (Wildman–Crippen LogP) is 3.84. The first-order chi connectivity index (χ1) is 21.3. The van der Waals surface area contributed by atoms with Gasteiger partial charge in [0.1, 0.15) is 0 Å². The van der Waals surface area contributed by atoms with Crippen LogP contribution in [0.1, 0.15) is 30.7 Å². The van der Waals surface area contributed by atoms with Crippen LogP contribution in [0.2, 0.25) is 0 Å². The third kappa shape index (κ3) is 9.59. The lowest BCUT2D eigenvalue weighted by Crippen LogP contribution is -2.45. The molecule has 5 rings (SSSR count). The number of aromatic nitrogens is 1. The Balaban J connectivity index is 0.000000591. The molecule has 15 heteroatoms. The van der Waals surface area contributed by atoms with Gasteiger partial charge in [0, 0.05) is 44.7 Å². The van der Waals surface area contributed by atoms with Crippen molar-refractivity contribution in [1.29, 1.82) is 0 Å². The number of piperidine rings is 2. The summed E-state index contributed by atoms with van der Waals surface area (Å²) in [6.07, 6.45) is -2.55. The number of fused-ring (bicyclic) bond motifs is 1. The van der Waals surface area contributed by atoms with E-state index in [0.29, 0.717) is 5.52 Å². The van der Waals surface area contributed by atoms with Gasteiger partial charge in [0.2, 0.25) is 10.0 Å². The van der Waals surface area contributed by atoms with E-state index >= 15 is 0 Å². The topological polar surface area (TPSA) is 126 Å². The molecule has 10 nitrogen and oxygen atoms in total. The van der Waals surface area contributed by atoms with Crippen molar-refractivity contribution in [3.63, 3.8) is 0 Å². The highest BCUT2D eigenvalue weighted by Crippen LogP contribution is 2.37. The molecule has 2 unspecified atom stereocenters. The zero-order valence-corrected chi connectivity index (χ0v) is 26.9. The summed E-state index contributed by atoms with van der Waals surface area (Å²) in [4.78, 5) is 20.9. The van der Waals surface area contributed by atoms with E-state index in [2.05, 4.69) is 45.6 Å². The van der Waals surface area contributed by atoms with Gasteiger partial charge < -0.3 is 24.9 Å². The van der Waals surface area contributed by atoms with Gasteiger partial charge in [0.15, 0.2) is 5.13 Å². The molecule has 2 saturated heterocycles. The van der Waals surface area contributed by atoms with Gasteiger partial charge in [-0.25, -0.2) is 22.9 Å². The van der Waals surface area contributed by atoms with Gasteiger partial charge in [-0.2, -0.15) is 13.2 Å². The number of rotatable bonds is 9. The molecule has 45 heavy (non-hydrogen) atoms. The first-order valence-electron chi connectivity index (χ1n) is 14.8. The van der Waals surface area contributed by atoms with Crippen LogP contribution in [0.3, 0.4) is 0 Å². The summed E-state index contributed by atoms with van der Waals surface area (Å²) in [5.41, 5.74) is 1.95. The Morgan fingerprint density at radius 2 is 1.76 bits per heavy atom. The fourth-order valence-corrected chi connectivity index (χ4v) is 7.88. The van der Waals surface area contributed by atoms with Gasteiger partial charge in [0.25, 0.3) is 0 Å². The van der Waals surface area contributed by atoms with Crippen molar-refractivity contribution in [3.8, 4) is 0 Å². The highest BCUT2D eigenvalue weighted by Gasteiger charge is 2.38. The fraction of sp³-hybridized carbons (Fsp3) is 0.533. The van der Waals surface area contributed by atoms with Crippen LogP contribution < -0.4 is 9.62 Å². The maximum atomic E-state index is 13.2. The van der Waals surface area contributed by atoms with Gasteiger partial charge in [-0.1, -0.05) is 41.7 Å². The zero-order valence-electron chi connectivity index (χ0n) is 25.3. The van der Waals surface area contributed by atoms with E-state index < -0.39 is 22.2 Å². The highest BCUT2D eigenvalue weighted by atomic mass is 32.2. The maximum Gasteiger partial charge on any atom is 0.490 e. The van der Waals surface area contributed by atoms with Crippen LogP contribution in [-0.4, -0.2) is 112 Å². The Hall–Kier alpha value is -2.82. The van der Waals surface area contributed by atoms with Gasteiger partial charge >= 0.3 is 12.1 Å². The van der Waals surface area contributed by atoms with Crippen molar-refractivity contribution in [2.75, 3.05) is 64.9 Å². The van der Waals surface area contributed by atoms with Crippen LogP contribution in [0.4, 0.5) is 18.3 Å². The Morgan fingerprint density at radius 3 is 2.36 bits per heavy atom. The summed E-state index contributed by atoms with van der Waals surface area (Å²) in [5.74, 6) is -2.30. The Morgan fingerprint density at radius 1 is 1.09 bits per heavy atom. The number of anilines is 1. The number of nitrogens with one attached hydrogen (secondary N) is 1. The van der Waals surface area contributed by atoms with E-state index in [-0.39, 0.29) is 29.4 Å². The number of carbonyl (C=O) groups is 1. The predicted molar refractivity (Wildman–Crippen MR) is 168 cm³/mol. The molecule has 3 N–H and O–H groups in total. The second kappa shape index (κ2) is 15.2. The van der Waals surface area contributed by atoms with E-state index in [4.69, 9.17) is 14.9 Å². The summed E-state index contributed by atoms with van der Waals surface area (Å²) in [6, 6.07) is 15.6. The van der Waals surface area contributed by atoms with Crippen molar-refractivity contribution in [1.82, 2.24) is 19.5 Å². The molecule has 1 aromatic heterocycles. The summed E-state index contributed by atoms with van der Waals surface area (Å²) >= 11 is 1.60. The fourth-order valence-electron chi connectivity index (χ4n) is 5.57. The standard InChI is InChI=1S/C28H39N5O3S2.C2HF3O2/c1-31(2)16-17-32-13-11-23(12-14-32)30-38(35,36)24-8-9-27-26(18-24)29-28(37-27)33-15-10-22(20-34)25(19-33)21-6-4-3-5-7-21;3-2(4,5)1(6)7/h3-9,18,22-23,25,30,34H,10-17,19-20H2,1-2H3;(H,6,7). The van der Waals surface area contributed by atoms with E-state index in [1.807, 2.05) is 24.3 Å². The largest absolute Gasteiger partial charge is 0.490 e. The summed E-state index contributed by atoms with van der Waals surface area (Å²) in [7, 11) is 0.527. The number of nitrogens with zero attached hydrogens (tertiary/aromatic N) is 4. The molecule has 2 aromatic carbocycles. The molecule has 0 radical (unpaired) electrons. The Labute approximate surface area is 265 Å². The number of carboxylic acids is 1. The van der Waals surface area contributed by atoms with Crippen LogP contribution in [0.5, 0.6) is 0 Å². The molecule has 0 saturated carbocycles. The van der Waals surface area contributed by atoms with Gasteiger partial charge in [-0.15, -0.1) is 0 Å². The van der Waals surface area contributed by atoms with Gasteiger partial charge in [0.05, 0.1) is 15.1 Å². The molecular weight excluding hydrogens is 631 g/mol. The number of alkyl halides is 3. The number of aliphatic carboxylic acids is 1. The van der Waals surface area contributed by atoms with Crippen LogP contribution >= 0.6 is 11.3 Å². The van der Waals surface area contributed by atoms with E-state index in [1.165, 1.54) is 5.56 Å². The molecule has 2 aliphatic heterocycles. The first-order valence-corrected chi connectivity index (χ1v) is 17.1. The lowest BCUT2D eigenvalue weighted by Gasteiger charge is -2.38. The average molecular weight is 672 g/mol. The molecule has 0 amide bonds. The number of hydrogen-bond acceptors (Lipinski definition) is 9. The van der Waals surface area contributed by atoms with Crippen molar-refractivity contribution in [3.05, 3.63) is 54.1 Å². The Bertz CT molecular complexity index is 1510. The van der Waals surface area contributed by atoms with Crippen molar-refractivity contribution in [2.45, 2.75) is 42.3 Å². The lowest BCUT2D eigenvalue weighted by atomic mass is 9.81. The lowest BCUT2D eigenvalue weighted by molar-refractivity contribution is -0.192. The summed E-state index contributed by atoms with van der Waals surface area (Å²) in [5, 5.41) is 18.0. The second-order valence-corrected chi connectivity index (χ2v) is 14.4. The number of likely N-dealkylation sites (N-methyl/N-ethyl adjacent to an activating group) is 1. The van der Waals surface area contributed by atoms with Gasteiger partial charge in [-0.05, 0) is 76.1 Å². The number of hydrogen-bond donors (Lipinski definition) is 3. The van der Waals surface area contributed by atoms with Crippen LogP contribution in [-0.2, 0) is 14.8 Å². The third-order valence-electron chi connectivity index (χ3n) is 8.16. The number of aliphatic hydroxyl groups is 1. The zero-order chi connectivity index (χ0) is 32.8. The van der Waals surface area contributed by atoms with Crippen molar-refractivity contribution < 1.29 is 36.6 Å². The van der Waals surface area contributed by atoms with Crippen molar-refractivity contribution >= 4 is 42.7 Å². The monoisotopic (exact) mass is 671 g/mol. The molecule has 3 aromatic rings. The second-order valence-electron chi connectivity index (χ2n) is 11.7. The smallest absolute Gasteiger partial charge is 0.475 e. The Kier molecular flexibility index (Phi) is 11.8. The number of sulfonamides is 1. The van der Waals surface area contributed by atoms with E-state index in [1.54, 1.807) is 23.5 Å². The SMILES string of the molecule is CN(C)CCN1CCC(NS(=O)(=O)c2ccc3sc(N4CCC(CO)C(c5ccccc5)C4)nc3c2)CC1.O=C(O)C(F)(F)F. The van der Waals surface area contributed by atoms with Gasteiger partial charge in [-0.3, -0.25) is 0 Å². The van der Waals surface area contributed by atoms with Crippen LogP contribution in [0.15, 0.2) is 53.4 Å². The quantitative estimate of drug-likeness (QED) is 0.311. The average Bonchev–Trinajstić information content (AvgIpc) is 3.44. The minimum atomic E-state index is -5.08.